The van der Waals surface area contributed by atoms with E-state index in [1.807, 2.05) is 0 Å². The van der Waals surface area contributed by atoms with Gasteiger partial charge in [-0.15, -0.1) is 11.3 Å². The van der Waals surface area contributed by atoms with Crippen molar-refractivity contribution in [1.29, 1.82) is 0 Å². The molecule has 12 heteroatoms. The lowest BCUT2D eigenvalue weighted by atomic mass is 10.2. The molecule has 1 amide bonds. The Kier molecular flexibility index (Phi) is 9.12. The lowest BCUT2D eigenvalue weighted by Crippen LogP contribution is -2.24. The van der Waals surface area contributed by atoms with E-state index in [0.29, 0.717) is 16.7 Å². The summed E-state index contributed by atoms with van der Waals surface area (Å²) >= 11 is 1.12. The number of nitrogens with one attached hydrogen (secondary N) is 2. The molecule has 29 heavy (non-hydrogen) atoms. The molecule has 0 aliphatic carbocycles. The van der Waals surface area contributed by atoms with Crippen LogP contribution in [0, 0.1) is 0 Å². The minimum atomic E-state index is -3.90. The van der Waals surface area contributed by atoms with Gasteiger partial charge in [-0.2, -0.15) is 0 Å². The maximum Gasteiger partial charge on any atom is 0.335 e. The number of carbonyl (C=O) groups is 4. The van der Waals surface area contributed by atoms with Crippen LogP contribution in [-0.4, -0.2) is 49.3 Å². The van der Waals surface area contributed by atoms with Gasteiger partial charge in [-0.05, 0) is 35.2 Å². The molecule has 156 valence electrons. The number of benzene rings is 1. The Labute approximate surface area is 170 Å². The lowest BCUT2D eigenvalue weighted by molar-refractivity contribution is -0.134. The van der Waals surface area contributed by atoms with Crippen LogP contribution in [0.1, 0.15) is 32.5 Å². The second-order valence-electron chi connectivity index (χ2n) is 5.37. The van der Waals surface area contributed by atoms with Gasteiger partial charge in [0.2, 0.25) is 10.0 Å². The number of carboxylic acids is 2. The van der Waals surface area contributed by atoms with Gasteiger partial charge in [-0.3, -0.25) is 9.59 Å². The monoisotopic (exact) mass is 442 g/mol. The first-order valence-corrected chi connectivity index (χ1v) is 10.2. The summed E-state index contributed by atoms with van der Waals surface area (Å²) in [6.45, 7) is 0.926. The van der Waals surface area contributed by atoms with Crippen LogP contribution >= 0.6 is 11.3 Å². The molecule has 0 spiro atoms. The number of aliphatic carboxylic acids is 1. The molecule has 2 rings (SSSR count). The number of aromatic carboxylic acids is 1. The van der Waals surface area contributed by atoms with Gasteiger partial charge in [0.05, 0.1) is 21.9 Å². The van der Waals surface area contributed by atoms with Gasteiger partial charge >= 0.3 is 5.97 Å². The molecule has 0 aliphatic rings. The van der Waals surface area contributed by atoms with E-state index in [0.717, 1.165) is 24.3 Å². The van der Waals surface area contributed by atoms with Gasteiger partial charge < -0.3 is 20.3 Å². The molecule has 1 aromatic carbocycles. The number of carboxylic acid groups (broad SMARTS) is 2. The van der Waals surface area contributed by atoms with Crippen molar-refractivity contribution < 1.29 is 37.8 Å². The highest BCUT2D eigenvalue weighted by atomic mass is 32.2. The summed E-state index contributed by atoms with van der Waals surface area (Å²) in [5, 5.41) is 20.3. The standard InChI is InChI=1S/C15H14N2O6S2.C2H4O2/c18-5-4-16-14(19)13-6-10(9-24-13)8-17-25(22,23)12-3-1-2-11(7-12)15(20)21;1-2(3)4/h1-3,5-7,9,17H,4,8H2,(H,16,19)(H,20,21);1H3,(H,3,4). The lowest BCUT2D eigenvalue weighted by Gasteiger charge is -2.06. The van der Waals surface area contributed by atoms with Gasteiger partial charge in [0.25, 0.3) is 11.9 Å². The maximum absolute atomic E-state index is 12.2. The van der Waals surface area contributed by atoms with E-state index in [1.165, 1.54) is 24.3 Å². The van der Waals surface area contributed by atoms with Crippen LogP contribution < -0.4 is 10.0 Å². The van der Waals surface area contributed by atoms with E-state index in [2.05, 4.69) is 10.0 Å². The van der Waals surface area contributed by atoms with Crippen molar-refractivity contribution in [3.8, 4) is 0 Å². The van der Waals surface area contributed by atoms with Crippen molar-refractivity contribution in [2.45, 2.75) is 18.4 Å². The summed E-state index contributed by atoms with van der Waals surface area (Å²) in [5.74, 6) is -2.47. The third-order valence-electron chi connectivity index (χ3n) is 3.08. The minimum absolute atomic E-state index is 0.0584. The second kappa shape index (κ2) is 11.0. The topological polar surface area (TPSA) is 167 Å². The van der Waals surface area contributed by atoms with Crippen LogP contribution in [0.5, 0.6) is 0 Å². The molecule has 1 aromatic heterocycles. The molecule has 0 aliphatic heterocycles. The Bertz CT molecular complexity index is 994. The third-order valence-corrected chi connectivity index (χ3v) is 5.46. The molecule has 0 saturated carbocycles. The van der Waals surface area contributed by atoms with Crippen LogP contribution in [0.3, 0.4) is 0 Å². The zero-order chi connectivity index (χ0) is 22.0. The van der Waals surface area contributed by atoms with Crippen molar-refractivity contribution in [2.75, 3.05) is 6.54 Å². The average molecular weight is 442 g/mol. The zero-order valence-electron chi connectivity index (χ0n) is 15.1. The largest absolute Gasteiger partial charge is 0.481 e. The second-order valence-corrected chi connectivity index (χ2v) is 8.05. The third kappa shape index (κ3) is 8.21. The fraction of sp³-hybridized carbons (Fsp3) is 0.176. The summed E-state index contributed by atoms with van der Waals surface area (Å²) in [5.41, 5.74) is 0.437. The zero-order valence-corrected chi connectivity index (χ0v) is 16.7. The summed E-state index contributed by atoms with van der Waals surface area (Å²) in [6, 6.07) is 6.51. The predicted molar refractivity (Wildman–Crippen MR) is 103 cm³/mol. The number of carbonyl (C=O) groups excluding carboxylic acids is 2. The van der Waals surface area contributed by atoms with Crippen molar-refractivity contribution in [2.24, 2.45) is 0 Å². The molecule has 0 unspecified atom stereocenters. The van der Waals surface area contributed by atoms with Crippen molar-refractivity contribution in [3.63, 3.8) is 0 Å². The number of thiophene rings is 1. The number of amides is 1. The summed E-state index contributed by atoms with van der Waals surface area (Å²) in [4.78, 5) is 42.0. The molecule has 10 nitrogen and oxygen atoms in total. The number of aldehydes is 1. The molecular weight excluding hydrogens is 424 g/mol. The average Bonchev–Trinajstić information content (AvgIpc) is 3.13. The first kappa shape index (κ1) is 23.9. The van der Waals surface area contributed by atoms with E-state index in [1.54, 1.807) is 5.38 Å². The van der Waals surface area contributed by atoms with E-state index in [4.69, 9.17) is 15.0 Å². The summed E-state index contributed by atoms with van der Waals surface area (Å²) in [6.07, 6.45) is 0.561. The Balaban J connectivity index is 0.000000960. The predicted octanol–water partition coefficient (Wildman–Crippen LogP) is 0.944. The maximum atomic E-state index is 12.2. The van der Waals surface area contributed by atoms with Crippen molar-refractivity contribution in [1.82, 2.24) is 10.0 Å². The highest BCUT2D eigenvalue weighted by Gasteiger charge is 2.17. The number of hydrogen-bond donors (Lipinski definition) is 4. The Morgan fingerprint density at radius 3 is 2.41 bits per heavy atom. The van der Waals surface area contributed by atoms with E-state index < -0.39 is 27.9 Å². The minimum Gasteiger partial charge on any atom is -0.481 e. The van der Waals surface area contributed by atoms with Crippen LogP contribution in [0.15, 0.2) is 40.6 Å². The smallest absolute Gasteiger partial charge is 0.335 e. The van der Waals surface area contributed by atoms with Crippen LogP contribution in [0.2, 0.25) is 0 Å². The van der Waals surface area contributed by atoms with Gasteiger partial charge in [0.1, 0.15) is 6.29 Å². The van der Waals surface area contributed by atoms with E-state index in [-0.39, 0.29) is 23.5 Å². The SMILES string of the molecule is CC(=O)O.O=CCNC(=O)c1cc(CNS(=O)(=O)c2cccc(C(=O)O)c2)cs1. The molecule has 2 aromatic rings. The van der Waals surface area contributed by atoms with Crippen molar-refractivity contribution >= 4 is 45.5 Å². The Hall–Kier alpha value is -3.09. The van der Waals surface area contributed by atoms with Crippen LogP contribution in [0.25, 0.3) is 0 Å². The van der Waals surface area contributed by atoms with Gasteiger partial charge in [-0.1, -0.05) is 6.07 Å². The Morgan fingerprint density at radius 1 is 1.17 bits per heavy atom. The van der Waals surface area contributed by atoms with Gasteiger partial charge in [-0.25, -0.2) is 17.9 Å². The van der Waals surface area contributed by atoms with Crippen molar-refractivity contribution in [3.05, 3.63) is 51.7 Å². The molecule has 0 atom stereocenters. The molecule has 0 saturated heterocycles. The van der Waals surface area contributed by atoms with E-state index in [9.17, 15) is 22.8 Å². The highest BCUT2D eigenvalue weighted by molar-refractivity contribution is 7.89. The first-order valence-electron chi connectivity index (χ1n) is 7.88. The highest BCUT2D eigenvalue weighted by Crippen LogP contribution is 2.16. The van der Waals surface area contributed by atoms with Gasteiger partial charge in [0, 0.05) is 13.5 Å². The summed E-state index contributed by atoms with van der Waals surface area (Å²) < 4.78 is 26.8. The Morgan fingerprint density at radius 2 is 1.83 bits per heavy atom. The molecule has 0 fully saturated rings. The quantitative estimate of drug-likeness (QED) is 0.438. The molecular formula is C17H18N2O8S2. The summed E-state index contributed by atoms with van der Waals surface area (Å²) in [7, 11) is -3.90. The van der Waals surface area contributed by atoms with Crippen LogP contribution in [-0.2, 0) is 26.2 Å². The van der Waals surface area contributed by atoms with Gasteiger partial charge in [0.15, 0.2) is 0 Å². The number of hydrogen-bond acceptors (Lipinski definition) is 7. The molecule has 4 N–H and O–H groups in total. The fourth-order valence-electron chi connectivity index (χ4n) is 1.87. The van der Waals surface area contributed by atoms with E-state index >= 15 is 0 Å². The molecule has 0 bridgehead atoms. The normalized spacial score (nSPS) is 10.4. The van der Waals surface area contributed by atoms with Crippen LogP contribution in [0.4, 0.5) is 0 Å². The number of rotatable bonds is 8. The molecule has 0 radical (unpaired) electrons. The number of sulfonamides is 1. The fourth-order valence-corrected chi connectivity index (χ4v) is 3.76. The first-order chi connectivity index (χ1) is 13.6. The molecule has 1 heterocycles.